The van der Waals surface area contributed by atoms with E-state index in [1.54, 1.807) is 0 Å². The van der Waals surface area contributed by atoms with Crippen LogP contribution in [-0.4, -0.2) is 75.5 Å². The first-order valence-electron chi connectivity index (χ1n) is 12.5. The highest BCUT2D eigenvalue weighted by Crippen LogP contribution is 2.65. The predicted molar refractivity (Wildman–Crippen MR) is 119 cm³/mol. The van der Waals surface area contributed by atoms with Crippen molar-refractivity contribution in [1.82, 2.24) is 0 Å². The van der Waals surface area contributed by atoms with E-state index < -0.39 is 36.3 Å². The lowest BCUT2D eigenvalue weighted by molar-refractivity contribution is -0.333. The first kappa shape index (κ1) is 24.8. The van der Waals surface area contributed by atoms with Gasteiger partial charge in [-0.3, -0.25) is 0 Å². The van der Waals surface area contributed by atoms with E-state index in [0.717, 1.165) is 25.7 Å². The monoisotopic (exact) mass is 456 g/mol. The van der Waals surface area contributed by atoms with Crippen LogP contribution >= 0.6 is 0 Å². The summed E-state index contributed by atoms with van der Waals surface area (Å²) in [6.45, 7) is 11.1. The molecule has 0 bridgehead atoms. The topological polar surface area (TPSA) is 109 Å². The number of fused-ring (bicyclic) bond motifs is 3. The molecule has 32 heavy (non-hydrogen) atoms. The Labute approximate surface area is 192 Å². The minimum atomic E-state index is -1.39. The predicted octanol–water partition coefficient (Wildman–Crippen LogP) is 2.37. The Kier molecular flexibility index (Phi) is 6.55. The molecule has 186 valence electrons. The molecule has 0 aromatic carbocycles. The van der Waals surface area contributed by atoms with Gasteiger partial charge in [0.1, 0.15) is 24.4 Å². The number of aliphatic hydroxyl groups excluding tert-OH is 4. The van der Waals surface area contributed by atoms with E-state index in [9.17, 15) is 20.4 Å². The van der Waals surface area contributed by atoms with E-state index in [1.165, 1.54) is 19.3 Å². The summed E-state index contributed by atoms with van der Waals surface area (Å²) in [7, 11) is 0. The number of hydrogen-bond acceptors (Lipinski definition) is 7. The van der Waals surface area contributed by atoms with Crippen LogP contribution in [-0.2, 0) is 14.2 Å². The van der Waals surface area contributed by atoms with Crippen molar-refractivity contribution in [2.75, 3.05) is 13.2 Å². The van der Waals surface area contributed by atoms with Gasteiger partial charge < -0.3 is 34.6 Å². The van der Waals surface area contributed by atoms with Gasteiger partial charge in [-0.25, -0.2) is 0 Å². The molecule has 10 atom stereocenters. The Balaban J connectivity index is 1.52. The molecule has 0 unspecified atom stereocenters. The summed E-state index contributed by atoms with van der Waals surface area (Å²) in [4.78, 5) is 0. The molecule has 2 aliphatic carbocycles. The molecule has 2 heterocycles. The SMILES string of the molecule is CC1(C)CCC[C@@]2(C)[C@H]1CC[C@@]1(C)O[C@](C)([C@H](CO)O[C@@H]3OC[C@H](O)[C@H](O)[C@H]3O)CC[C@@H]21. The lowest BCUT2D eigenvalue weighted by Gasteiger charge is -2.65. The molecule has 7 nitrogen and oxygen atoms in total. The fourth-order valence-electron chi connectivity index (χ4n) is 8.05. The molecule has 0 radical (unpaired) electrons. The van der Waals surface area contributed by atoms with Crippen molar-refractivity contribution in [3.05, 3.63) is 0 Å². The third-order valence-electron chi connectivity index (χ3n) is 9.73. The van der Waals surface area contributed by atoms with E-state index in [2.05, 4.69) is 27.7 Å². The highest BCUT2D eigenvalue weighted by atomic mass is 16.7. The van der Waals surface area contributed by atoms with E-state index in [0.29, 0.717) is 17.3 Å². The molecule has 4 N–H and O–H groups in total. The van der Waals surface area contributed by atoms with Crippen LogP contribution in [0.3, 0.4) is 0 Å². The van der Waals surface area contributed by atoms with Crippen LogP contribution in [0, 0.1) is 22.7 Å². The van der Waals surface area contributed by atoms with E-state index in [4.69, 9.17) is 14.2 Å². The highest BCUT2D eigenvalue weighted by molar-refractivity contribution is 5.11. The Morgan fingerprint density at radius 1 is 0.906 bits per heavy atom. The van der Waals surface area contributed by atoms with Crippen molar-refractivity contribution in [1.29, 1.82) is 0 Å². The number of ether oxygens (including phenoxy) is 3. The summed E-state index contributed by atoms with van der Waals surface area (Å²) in [5, 5.41) is 40.2. The molecule has 0 aromatic rings. The Bertz CT molecular complexity index is 685. The summed E-state index contributed by atoms with van der Waals surface area (Å²) in [5.74, 6) is 1.15. The molecule has 4 aliphatic rings. The van der Waals surface area contributed by atoms with Gasteiger partial charge in [-0.15, -0.1) is 0 Å². The summed E-state index contributed by atoms with van der Waals surface area (Å²) in [6, 6.07) is 0. The van der Waals surface area contributed by atoms with Gasteiger partial charge in [-0.2, -0.15) is 0 Å². The van der Waals surface area contributed by atoms with Gasteiger partial charge in [0, 0.05) is 0 Å². The molecule has 7 heteroatoms. The molecule has 0 amide bonds. The first-order valence-corrected chi connectivity index (χ1v) is 12.5. The van der Waals surface area contributed by atoms with Crippen LogP contribution in [0.15, 0.2) is 0 Å². The number of rotatable bonds is 4. The van der Waals surface area contributed by atoms with Crippen LogP contribution < -0.4 is 0 Å². The van der Waals surface area contributed by atoms with Crippen molar-refractivity contribution in [2.24, 2.45) is 22.7 Å². The second-order valence-corrected chi connectivity index (χ2v) is 12.3. The molecule has 2 aliphatic heterocycles. The normalized spacial score (nSPS) is 52.0. The Morgan fingerprint density at radius 3 is 2.28 bits per heavy atom. The van der Waals surface area contributed by atoms with Crippen molar-refractivity contribution in [2.45, 2.75) is 121 Å². The van der Waals surface area contributed by atoms with Gasteiger partial charge in [0.15, 0.2) is 6.29 Å². The second kappa shape index (κ2) is 8.43. The summed E-state index contributed by atoms with van der Waals surface area (Å²) in [6.07, 6.45) is 1.95. The Hall–Kier alpha value is -0.280. The average molecular weight is 457 g/mol. The molecular formula is C25H44O7. The molecular weight excluding hydrogens is 412 g/mol. The van der Waals surface area contributed by atoms with Crippen LogP contribution in [0.2, 0.25) is 0 Å². The largest absolute Gasteiger partial charge is 0.394 e. The maximum atomic E-state index is 10.3. The summed E-state index contributed by atoms with van der Waals surface area (Å²) < 4.78 is 18.3. The maximum Gasteiger partial charge on any atom is 0.186 e. The maximum absolute atomic E-state index is 10.3. The zero-order valence-corrected chi connectivity index (χ0v) is 20.4. The van der Waals surface area contributed by atoms with Crippen LogP contribution in [0.25, 0.3) is 0 Å². The summed E-state index contributed by atoms with van der Waals surface area (Å²) in [5.41, 5.74) is -0.443. The van der Waals surface area contributed by atoms with Crippen LogP contribution in [0.4, 0.5) is 0 Å². The van der Waals surface area contributed by atoms with Gasteiger partial charge in [-0.1, -0.05) is 27.2 Å². The van der Waals surface area contributed by atoms with Gasteiger partial charge in [0.05, 0.1) is 24.4 Å². The number of hydrogen-bond donors (Lipinski definition) is 4. The van der Waals surface area contributed by atoms with Crippen molar-refractivity contribution in [3.63, 3.8) is 0 Å². The third kappa shape index (κ3) is 3.96. The van der Waals surface area contributed by atoms with Gasteiger partial charge in [0.25, 0.3) is 0 Å². The van der Waals surface area contributed by atoms with Gasteiger partial charge in [0.2, 0.25) is 0 Å². The lowest BCUT2D eigenvalue weighted by Crippen LogP contribution is -2.66. The zero-order chi connectivity index (χ0) is 23.5. The van der Waals surface area contributed by atoms with Crippen LogP contribution in [0.1, 0.15) is 79.6 Å². The highest BCUT2D eigenvalue weighted by Gasteiger charge is 2.62. The van der Waals surface area contributed by atoms with E-state index in [1.807, 2.05) is 6.92 Å². The fourth-order valence-corrected chi connectivity index (χ4v) is 8.05. The van der Waals surface area contributed by atoms with Gasteiger partial charge in [-0.05, 0) is 75.0 Å². The molecule has 4 fully saturated rings. The lowest BCUT2D eigenvalue weighted by atomic mass is 9.44. The minimum absolute atomic E-state index is 0.131. The molecule has 4 rings (SSSR count). The molecule has 2 saturated heterocycles. The summed E-state index contributed by atoms with van der Waals surface area (Å²) >= 11 is 0. The van der Waals surface area contributed by atoms with Crippen LogP contribution in [0.5, 0.6) is 0 Å². The van der Waals surface area contributed by atoms with Crippen molar-refractivity contribution in [3.8, 4) is 0 Å². The average Bonchev–Trinajstić information content (AvgIpc) is 2.70. The Morgan fingerprint density at radius 2 is 1.59 bits per heavy atom. The van der Waals surface area contributed by atoms with Crippen molar-refractivity contribution >= 4 is 0 Å². The zero-order valence-electron chi connectivity index (χ0n) is 20.4. The molecule has 0 aromatic heterocycles. The van der Waals surface area contributed by atoms with Crippen molar-refractivity contribution < 1.29 is 34.6 Å². The van der Waals surface area contributed by atoms with E-state index in [-0.39, 0.29) is 24.2 Å². The fraction of sp³-hybridized carbons (Fsp3) is 1.00. The third-order valence-corrected chi connectivity index (χ3v) is 9.73. The minimum Gasteiger partial charge on any atom is -0.394 e. The standard InChI is InChI=1S/C25H44O7/c1-22(2)9-6-10-23(3)16(22)7-11-24(4)17(23)8-12-25(5,32-24)18(13-26)31-21-20(29)19(28)15(27)14-30-21/h15-21,26-29H,6-14H2,1-5H3/t15-,16-,17-,18-,19-,20+,21-,23-,24+,25-/m0/s1. The molecule has 2 saturated carbocycles. The van der Waals surface area contributed by atoms with Gasteiger partial charge >= 0.3 is 0 Å². The van der Waals surface area contributed by atoms with E-state index >= 15 is 0 Å². The first-order chi connectivity index (χ1) is 14.9. The number of aliphatic hydroxyl groups is 4. The quantitative estimate of drug-likeness (QED) is 0.514. The molecule has 0 spiro atoms. The second-order valence-electron chi connectivity index (χ2n) is 12.3. The smallest absolute Gasteiger partial charge is 0.186 e.